The van der Waals surface area contributed by atoms with Gasteiger partial charge in [-0.15, -0.1) is 0 Å². The molecule has 0 saturated heterocycles. The van der Waals surface area contributed by atoms with Crippen LogP contribution in [0.25, 0.3) is 135 Å². The molecule has 1 N–H and O–H groups in total. The average Bonchev–Trinajstić information content (AvgIpc) is 3.89. The number of nitrogens with one attached hydrogen (secondary N) is 1. The molecule has 0 atom stereocenters. The first-order chi connectivity index (χ1) is 36.2. The summed E-state index contributed by atoms with van der Waals surface area (Å²) in [6.07, 6.45) is 9.80. The van der Waals surface area contributed by atoms with Gasteiger partial charge in [0.25, 0.3) is 0 Å². The van der Waals surface area contributed by atoms with Gasteiger partial charge in [-0.3, -0.25) is 19.5 Å². The number of rotatable bonds is 8. The number of hydrogen-bond donors (Lipinski definition) is 1. The molecule has 10 heteroatoms. The molecule has 0 unspecified atom stereocenters. The lowest BCUT2D eigenvalue weighted by atomic mass is 9.98. The van der Waals surface area contributed by atoms with E-state index in [9.17, 15) is 0 Å². The van der Waals surface area contributed by atoms with Gasteiger partial charge in [-0.1, -0.05) is 127 Å². The van der Waals surface area contributed by atoms with Crippen molar-refractivity contribution >= 4 is 55.5 Å². The second-order valence-electron chi connectivity index (χ2n) is 18.0. The molecule has 0 saturated carbocycles. The van der Waals surface area contributed by atoms with Crippen molar-refractivity contribution in [3.05, 3.63) is 224 Å². The zero-order valence-corrected chi connectivity index (χ0v) is 39.1. The van der Waals surface area contributed by atoms with E-state index in [-0.39, 0.29) is 0 Å². The van der Waals surface area contributed by atoms with Gasteiger partial charge in [0.15, 0.2) is 11.6 Å². The Morgan fingerprint density at radius 1 is 0.397 bits per heavy atom. The van der Waals surface area contributed by atoms with Crippen molar-refractivity contribution < 1.29 is 0 Å². The molecule has 0 radical (unpaired) electrons. The zero-order chi connectivity index (χ0) is 48.2. The predicted octanol–water partition coefficient (Wildman–Crippen LogP) is 14.4. The first-order valence-corrected chi connectivity index (χ1v) is 24.2. The molecule has 0 amide bonds. The summed E-state index contributed by atoms with van der Waals surface area (Å²) in [6, 6.07) is 66.2. The molecule has 13 aromatic rings. The van der Waals surface area contributed by atoms with Crippen molar-refractivity contribution in [2.75, 3.05) is 11.9 Å². The molecular formula is C63H40N10. The highest BCUT2D eigenvalue weighted by Gasteiger charge is 2.26. The molecule has 14 rings (SSSR count). The first-order valence-electron chi connectivity index (χ1n) is 24.2. The Kier molecular flexibility index (Phi) is 9.99. The summed E-state index contributed by atoms with van der Waals surface area (Å²) in [5.74, 6) is 1.87. The van der Waals surface area contributed by atoms with Crippen LogP contribution in [0.1, 0.15) is 5.56 Å². The third kappa shape index (κ3) is 7.36. The van der Waals surface area contributed by atoms with E-state index < -0.39 is 0 Å². The van der Waals surface area contributed by atoms with Crippen molar-refractivity contribution in [3.8, 4) is 84.9 Å². The van der Waals surface area contributed by atoms with Gasteiger partial charge < -0.3 is 5.32 Å². The molecule has 10 nitrogen and oxygen atoms in total. The minimum absolute atomic E-state index is 0.563. The maximum Gasteiger partial charge on any atom is 0.162 e. The summed E-state index contributed by atoms with van der Waals surface area (Å²) in [5, 5.41) is 6.63. The first kappa shape index (κ1) is 41.9. The SMILES string of the molecule is C1=Cc2c(c3ncccc3c3c2nc(-c2cc(-c4cc(-c5ccccc5)nc(-c5cccc6cccnc56)n4)cc(-c4cc(-c5ccccc5)nc(-c5cccc6cccnc56)n4)c2)n3-c2ccccc2)NC1. The highest BCUT2D eigenvalue weighted by atomic mass is 15.1. The van der Waals surface area contributed by atoms with Crippen molar-refractivity contribution in [1.29, 1.82) is 0 Å². The second-order valence-corrected chi connectivity index (χ2v) is 18.0. The predicted molar refractivity (Wildman–Crippen MR) is 294 cm³/mol. The molecule has 0 aliphatic carbocycles. The van der Waals surface area contributed by atoms with E-state index in [0.29, 0.717) is 18.2 Å². The number of benzene rings is 7. The molecule has 342 valence electrons. The highest BCUT2D eigenvalue weighted by molar-refractivity contribution is 6.15. The third-order valence-corrected chi connectivity index (χ3v) is 13.5. The van der Waals surface area contributed by atoms with Crippen molar-refractivity contribution in [3.63, 3.8) is 0 Å². The Morgan fingerprint density at radius 3 is 1.47 bits per heavy atom. The molecule has 0 bridgehead atoms. The van der Waals surface area contributed by atoms with Crippen LogP contribution in [0.15, 0.2) is 219 Å². The number of imidazole rings is 1. The van der Waals surface area contributed by atoms with Crippen molar-refractivity contribution in [2.24, 2.45) is 0 Å². The fraction of sp³-hybridized carbons (Fsp3) is 0.0159. The Balaban J connectivity index is 1.09. The molecule has 73 heavy (non-hydrogen) atoms. The van der Waals surface area contributed by atoms with E-state index in [0.717, 1.165) is 128 Å². The van der Waals surface area contributed by atoms with Crippen LogP contribution in [-0.4, -0.2) is 51.0 Å². The molecule has 0 spiro atoms. The normalized spacial score (nSPS) is 12.1. The van der Waals surface area contributed by atoms with Crippen LogP contribution < -0.4 is 5.32 Å². The lowest BCUT2D eigenvalue weighted by Crippen LogP contribution is -2.07. The van der Waals surface area contributed by atoms with Gasteiger partial charge in [0, 0.05) is 91.5 Å². The van der Waals surface area contributed by atoms with E-state index in [2.05, 4.69) is 131 Å². The highest BCUT2D eigenvalue weighted by Crippen LogP contribution is 2.43. The molecule has 1 aliphatic rings. The van der Waals surface area contributed by atoms with Gasteiger partial charge in [0.05, 0.1) is 56.0 Å². The van der Waals surface area contributed by atoms with Crippen LogP contribution in [0, 0.1) is 0 Å². The van der Waals surface area contributed by atoms with Gasteiger partial charge in [-0.25, -0.2) is 24.9 Å². The summed E-state index contributed by atoms with van der Waals surface area (Å²) in [6.45, 7) is 0.698. The Hall–Kier alpha value is -10.1. The van der Waals surface area contributed by atoms with Crippen molar-refractivity contribution in [1.82, 2.24) is 44.4 Å². The quantitative estimate of drug-likeness (QED) is 0.159. The van der Waals surface area contributed by atoms with Gasteiger partial charge in [-0.05, 0) is 78.9 Å². The van der Waals surface area contributed by atoms with Crippen LogP contribution in [0.3, 0.4) is 0 Å². The van der Waals surface area contributed by atoms with E-state index in [4.69, 9.17) is 39.9 Å². The lowest BCUT2D eigenvalue weighted by Gasteiger charge is -2.17. The van der Waals surface area contributed by atoms with Gasteiger partial charge in [-0.2, -0.15) is 0 Å². The fourth-order valence-corrected chi connectivity index (χ4v) is 10.2. The minimum Gasteiger partial charge on any atom is -0.379 e. The average molecular weight is 937 g/mol. The van der Waals surface area contributed by atoms with Gasteiger partial charge in [0.1, 0.15) is 5.82 Å². The van der Waals surface area contributed by atoms with Crippen LogP contribution in [0.4, 0.5) is 5.69 Å². The number of para-hydroxylation sites is 3. The van der Waals surface area contributed by atoms with Crippen molar-refractivity contribution in [2.45, 2.75) is 0 Å². The minimum atomic E-state index is 0.563. The van der Waals surface area contributed by atoms with Crippen LogP contribution in [0.5, 0.6) is 0 Å². The Bertz CT molecular complexity index is 4130. The molecule has 6 aromatic heterocycles. The second kappa shape index (κ2) is 17.4. The summed E-state index contributed by atoms with van der Waals surface area (Å²) in [4.78, 5) is 41.8. The number of anilines is 1. The molecule has 7 aromatic carbocycles. The Labute approximate surface area is 419 Å². The standard InChI is InChI=1S/C63H40N10/c1-4-16-39(17-5-1)51-37-53(70-61(68-51)49-26-10-20-41-22-12-30-64-55(41)49)43-34-44(54-38-52(40-18-6-2-7-19-40)69-62(71-54)50-27-11-21-42-23-13-31-65-56(42)50)36-45(35-43)63-72-59-47-28-14-32-66-57(47)58-48(29-15-33-67-58)60(59)73(63)46-24-8-3-9-25-46/h1-31,33-38,66H,32H2. The lowest BCUT2D eigenvalue weighted by molar-refractivity contribution is 1.10. The van der Waals surface area contributed by atoms with Crippen LogP contribution >= 0.6 is 0 Å². The number of pyridine rings is 3. The smallest absolute Gasteiger partial charge is 0.162 e. The maximum atomic E-state index is 5.68. The monoisotopic (exact) mass is 936 g/mol. The number of fused-ring (bicyclic) bond motifs is 8. The zero-order valence-electron chi connectivity index (χ0n) is 39.1. The van der Waals surface area contributed by atoms with E-state index in [1.807, 2.05) is 104 Å². The summed E-state index contributed by atoms with van der Waals surface area (Å²) in [5.41, 5.74) is 16.4. The van der Waals surface area contributed by atoms with E-state index in [1.54, 1.807) is 0 Å². The maximum absolute atomic E-state index is 5.68. The third-order valence-electron chi connectivity index (χ3n) is 13.5. The fourth-order valence-electron chi connectivity index (χ4n) is 10.2. The van der Waals surface area contributed by atoms with E-state index >= 15 is 0 Å². The number of nitrogens with zero attached hydrogens (tertiary/aromatic N) is 9. The van der Waals surface area contributed by atoms with Crippen LogP contribution in [0.2, 0.25) is 0 Å². The molecule has 7 heterocycles. The summed E-state index contributed by atoms with van der Waals surface area (Å²) < 4.78 is 2.27. The summed E-state index contributed by atoms with van der Waals surface area (Å²) >= 11 is 0. The van der Waals surface area contributed by atoms with E-state index in [1.165, 1.54) is 0 Å². The molecular weight excluding hydrogens is 897 g/mol. The number of aromatic nitrogens is 9. The summed E-state index contributed by atoms with van der Waals surface area (Å²) in [7, 11) is 0. The largest absolute Gasteiger partial charge is 0.379 e. The van der Waals surface area contributed by atoms with Gasteiger partial charge >= 0.3 is 0 Å². The molecule has 1 aliphatic heterocycles. The molecule has 0 fully saturated rings. The topological polar surface area (TPSA) is 120 Å². The van der Waals surface area contributed by atoms with Gasteiger partial charge in [0.2, 0.25) is 0 Å². The Morgan fingerprint density at radius 2 is 0.890 bits per heavy atom. The van der Waals surface area contributed by atoms with Crippen LogP contribution in [-0.2, 0) is 0 Å². The number of hydrogen-bond acceptors (Lipinski definition) is 9.